The van der Waals surface area contributed by atoms with Crippen LogP contribution in [0.2, 0.25) is 0 Å². The Labute approximate surface area is 80.8 Å². The van der Waals surface area contributed by atoms with E-state index in [2.05, 4.69) is 12.2 Å². The Morgan fingerprint density at radius 1 is 1.46 bits per heavy atom. The van der Waals surface area contributed by atoms with Gasteiger partial charge in [0.15, 0.2) is 0 Å². The molecule has 13 heavy (non-hydrogen) atoms. The second kappa shape index (κ2) is 6.89. The fourth-order valence-electron chi connectivity index (χ4n) is 0.969. The molecule has 78 valence electrons. The molecule has 0 heterocycles. The molecule has 0 spiro atoms. The van der Waals surface area contributed by atoms with E-state index in [-0.39, 0.29) is 18.1 Å². The standard InChI is InChI=1S/C10H21NO2/c1-5-6-7-8(2)13-10(12)9(3)11-4/h8-9,11H,5-7H2,1-4H3/t8?,9-/m0/s1. The quantitative estimate of drug-likeness (QED) is 0.643. The minimum Gasteiger partial charge on any atom is -0.462 e. The molecule has 0 bridgehead atoms. The highest BCUT2D eigenvalue weighted by atomic mass is 16.5. The number of carbonyl (C=O) groups is 1. The van der Waals surface area contributed by atoms with Crippen LogP contribution in [0.15, 0.2) is 0 Å². The lowest BCUT2D eigenvalue weighted by Gasteiger charge is -2.15. The SMILES string of the molecule is CCCCC(C)OC(=O)[C@H](C)NC. The fourth-order valence-corrected chi connectivity index (χ4v) is 0.969. The number of nitrogens with one attached hydrogen (secondary N) is 1. The molecule has 0 aromatic carbocycles. The van der Waals surface area contributed by atoms with Gasteiger partial charge in [0.2, 0.25) is 0 Å². The van der Waals surface area contributed by atoms with E-state index < -0.39 is 0 Å². The Hall–Kier alpha value is -0.570. The Kier molecular flexibility index (Phi) is 6.59. The highest BCUT2D eigenvalue weighted by molar-refractivity contribution is 5.75. The summed E-state index contributed by atoms with van der Waals surface area (Å²) in [5.74, 6) is -0.161. The zero-order valence-corrected chi connectivity index (χ0v) is 9.09. The second-order valence-electron chi connectivity index (χ2n) is 3.40. The third kappa shape index (κ3) is 5.64. The van der Waals surface area contributed by atoms with E-state index in [1.165, 1.54) is 0 Å². The maximum absolute atomic E-state index is 11.3. The van der Waals surface area contributed by atoms with Gasteiger partial charge in [-0.2, -0.15) is 0 Å². The van der Waals surface area contributed by atoms with Crippen molar-refractivity contribution in [2.75, 3.05) is 7.05 Å². The molecule has 1 unspecified atom stereocenters. The summed E-state index contributed by atoms with van der Waals surface area (Å²) in [6, 6.07) is -0.205. The molecule has 0 amide bonds. The normalized spacial score (nSPS) is 15.1. The molecular weight excluding hydrogens is 166 g/mol. The first-order valence-corrected chi connectivity index (χ1v) is 4.99. The van der Waals surface area contributed by atoms with Crippen molar-refractivity contribution in [2.45, 2.75) is 52.2 Å². The Morgan fingerprint density at radius 3 is 2.54 bits per heavy atom. The molecule has 0 fully saturated rings. The maximum atomic E-state index is 11.3. The molecule has 0 rings (SSSR count). The number of carbonyl (C=O) groups excluding carboxylic acids is 1. The zero-order chi connectivity index (χ0) is 10.3. The highest BCUT2D eigenvalue weighted by Gasteiger charge is 2.14. The largest absolute Gasteiger partial charge is 0.462 e. The molecule has 0 radical (unpaired) electrons. The summed E-state index contributed by atoms with van der Waals surface area (Å²) in [5.41, 5.74) is 0. The van der Waals surface area contributed by atoms with Gasteiger partial charge >= 0.3 is 5.97 Å². The van der Waals surface area contributed by atoms with E-state index in [9.17, 15) is 4.79 Å². The van der Waals surface area contributed by atoms with Crippen LogP contribution in [0.4, 0.5) is 0 Å². The predicted molar refractivity (Wildman–Crippen MR) is 53.6 cm³/mol. The average molecular weight is 187 g/mol. The first-order valence-electron chi connectivity index (χ1n) is 4.99. The van der Waals surface area contributed by atoms with Crippen LogP contribution in [0.3, 0.4) is 0 Å². The van der Waals surface area contributed by atoms with Gasteiger partial charge in [0.1, 0.15) is 6.04 Å². The number of ether oxygens (including phenoxy) is 1. The summed E-state index contributed by atoms with van der Waals surface area (Å²) in [6.07, 6.45) is 3.26. The van der Waals surface area contributed by atoms with E-state index >= 15 is 0 Å². The number of hydrogen-bond donors (Lipinski definition) is 1. The van der Waals surface area contributed by atoms with Crippen LogP contribution < -0.4 is 5.32 Å². The third-order valence-electron chi connectivity index (χ3n) is 2.07. The van der Waals surface area contributed by atoms with Gasteiger partial charge < -0.3 is 10.1 Å². The number of esters is 1. The molecule has 0 aromatic heterocycles. The van der Waals surface area contributed by atoms with Crippen molar-refractivity contribution < 1.29 is 9.53 Å². The maximum Gasteiger partial charge on any atom is 0.323 e. The molecule has 0 saturated carbocycles. The van der Waals surface area contributed by atoms with E-state index in [1.54, 1.807) is 14.0 Å². The lowest BCUT2D eigenvalue weighted by Crippen LogP contribution is -2.34. The van der Waals surface area contributed by atoms with Crippen LogP contribution in [0, 0.1) is 0 Å². The monoisotopic (exact) mass is 187 g/mol. The zero-order valence-electron chi connectivity index (χ0n) is 9.09. The smallest absolute Gasteiger partial charge is 0.323 e. The lowest BCUT2D eigenvalue weighted by molar-refractivity contribution is -0.150. The third-order valence-corrected chi connectivity index (χ3v) is 2.07. The van der Waals surface area contributed by atoms with E-state index in [0.29, 0.717) is 0 Å². The van der Waals surface area contributed by atoms with Crippen LogP contribution in [-0.2, 0) is 9.53 Å². The van der Waals surface area contributed by atoms with E-state index in [1.807, 2.05) is 6.92 Å². The summed E-state index contributed by atoms with van der Waals surface area (Å²) >= 11 is 0. The average Bonchev–Trinajstić information content (AvgIpc) is 2.13. The van der Waals surface area contributed by atoms with Crippen molar-refractivity contribution in [1.82, 2.24) is 5.32 Å². The first-order chi connectivity index (χ1) is 6.11. The van der Waals surface area contributed by atoms with Crippen molar-refractivity contribution in [2.24, 2.45) is 0 Å². The Balaban J connectivity index is 3.64. The minimum absolute atomic E-state index is 0.0447. The number of rotatable bonds is 6. The summed E-state index contributed by atoms with van der Waals surface area (Å²) in [4.78, 5) is 11.3. The van der Waals surface area contributed by atoms with Crippen molar-refractivity contribution in [3.63, 3.8) is 0 Å². The minimum atomic E-state index is -0.205. The van der Waals surface area contributed by atoms with Gasteiger partial charge in [0.25, 0.3) is 0 Å². The first kappa shape index (κ1) is 12.4. The topological polar surface area (TPSA) is 38.3 Å². The highest BCUT2D eigenvalue weighted by Crippen LogP contribution is 2.04. The molecule has 0 saturated heterocycles. The number of unbranched alkanes of at least 4 members (excludes halogenated alkanes) is 1. The summed E-state index contributed by atoms with van der Waals surface area (Å²) in [5, 5.41) is 2.85. The second-order valence-corrected chi connectivity index (χ2v) is 3.40. The molecule has 0 aliphatic carbocycles. The van der Waals surface area contributed by atoms with Crippen molar-refractivity contribution in [3.05, 3.63) is 0 Å². The van der Waals surface area contributed by atoms with Gasteiger partial charge in [-0.15, -0.1) is 0 Å². The molecule has 0 aromatic rings. The van der Waals surface area contributed by atoms with Crippen molar-refractivity contribution in [1.29, 1.82) is 0 Å². The van der Waals surface area contributed by atoms with Crippen LogP contribution in [0.5, 0.6) is 0 Å². The Morgan fingerprint density at radius 2 is 2.08 bits per heavy atom. The fraction of sp³-hybridized carbons (Fsp3) is 0.900. The van der Waals surface area contributed by atoms with E-state index in [4.69, 9.17) is 4.74 Å². The molecule has 1 N–H and O–H groups in total. The van der Waals surface area contributed by atoms with Gasteiger partial charge in [0.05, 0.1) is 6.10 Å². The van der Waals surface area contributed by atoms with Gasteiger partial charge in [-0.05, 0) is 27.3 Å². The summed E-state index contributed by atoms with van der Waals surface area (Å²) in [7, 11) is 1.75. The lowest BCUT2D eigenvalue weighted by atomic mass is 10.2. The molecule has 0 aliphatic heterocycles. The van der Waals surface area contributed by atoms with Crippen LogP contribution in [0.25, 0.3) is 0 Å². The van der Waals surface area contributed by atoms with Crippen LogP contribution in [0.1, 0.15) is 40.0 Å². The van der Waals surface area contributed by atoms with Crippen LogP contribution >= 0.6 is 0 Å². The van der Waals surface area contributed by atoms with Crippen molar-refractivity contribution >= 4 is 5.97 Å². The molecule has 3 heteroatoms. The predicted octanol–water partition coefficient (Wildman–Crippen LogP) is 1.72. The summed E-state index contributed by atoms with van der Waals surface area (Å²) < 4.78 is 5.20. The number of hydrogen-bond acceptors (Lipinski definition) is 3. The molecular formula is C10H21NO2. The van der Waals surface area contributed by atoms with Gasteiger partial charge in [-0.25, -0.2) is 0 Å². The van der Waals surface area contributed by atoms with Gasteiger partial charge in [-0.1, -0.05) is 19.8 Å². The number of likely N-dealkylation sites (N-methyl/N-ethyl adjacent to an activating group) is 1. The van der Waals surface area contributed by atoms with Gasteiger partial charge in [0, 0.05) is 0 Å². The van der Waals surface area contributed by atoms with E-state index in [0.717, 1.165) is 19.3 Å². The van der Waals surface area contributed by atoms with Crippen molar-refractivity contribution in [3.8, 4) is 0 Å². The molecule has 2 atom stereocenters. The van der Waals surface area contributed by atoms with Crippen LogP contribution in [-0.4, -0.2) is 25.2 Å². The Bertz CT molecular complexity index is 148. The molecule has 0 aliphatic rings. The summed E-state index contributed by atoms with van der Waals surface area (Å²) in [6.45, 7) is 5.87. The van der Waals surface area contributed by atoms with Gasteiger partial charge in [-0.3, -0.25) is 4.79 Å². The molecule has 3 nitrogen and oxygen atoms in total.